The lowest BCUT2D eigenvalue weighted by molar-refractivity contribution is -0.425. The Morgan fingerprint density at radius 3 is 2.62 bits per heavy atom. The Kier molecular flexibility index (Phi) is 3.46. The van der Waals surface area contributed by atoms with E-state index in [1.165, 1.54) is 0 Å². The second-order valence-electron chi connectivity index (χ2n) is 2.98. The lowest BCUT2D eigenvalue weighted by Crippen LogP contribution is -2.54. The highest BCUT2D eigenvalue weighted by Gasteiger charge is 2.12. The van der Waals surface area contributed by atoms with Crippen LogP contribution in [-0.4, -0.2) is 13.0 Å². The van der Waals surface area contributed by atoms with Crippen LogP contribution in [0.25, 0.3) is 0 Å². The zero-order valence-corrected chi connectivity index (χ0v) is 7.79. The normalized spacial score (nSPS) is 12.2. The summed E-state index contributed by atoms with van der Waals surface area (Å²) in [6, 6.07) is 9.88. The summed E-state index contributed by atoms with van der Waals surface area (Å²) in [5.41, 5.74) is 5.04. The van der Waals surface area contributed by atoms with Crippen molar-refractivity contribution >= 4 is 5.91 Å². The van der Waals surface area contributed by atoms with Gasteiger partial charge in [-0.3, -0.25) is 4.79 Å². The van der Waals surface area contributed by atoms with Gasteiger partial charge in [-0.15, -0.1) is 0 Å². The summed E-state index contributed by atoms with van der Waals surface area (Å²) in [7, 11) is 1.64. The van der Waals surface area contributed by atoms with Gasteiger partial charge >= 0.3 is 0 Å². The SMILES string of the molecule is CNC(=O)C[C@H]([NH3+])c1ccccc1. The van der Waals surface area contributed by atoms with E-state index in [1.54, 1.807) is 7.05 Å². The molecular weight excluding hydrogens is 164 g/mol. The molecule has 70 valence electrons. The summed E-state index contributed by atoms with van der Waals surface area (Å²) in [6.07, 6.45) is 0.445. The maximum Gasteiger partial charge on any atom is 0.226 e. The number of benzene rings is 1. The number of quaternary nitrogens is 1. The first-order chi connectivity index (χ1) is 6.24. The van der Waals surface area contributed by atoms with Crippen molar-refractivity contribution in [1.82, 2.24) is 5.32 Å². The number of carbonyl (C=O) groups excluding carboxylic acids is 1. The van der Waals surface area contributed by atoms with Gasteiger partial charge in [-0.2, -0.15) is 0 Å². The second-order valence-corrected chi connectivity index (χ2v) is 2.98. The van der Waals surface area contributed by atoms with Crippen molar-refractivity contribution in [3.8, 4) is 0 Å². The quantitative estimate of drug-likeness (QED) is 0.679. The van der Waals surface area contributed by atoms with Gasteiger partial charge in [0.1, 0.15) is 6.04 Å². The van der Waals surface area contributed by atoms with Crippen LogP contribution < -0.4 is 11.1 Å². The molecule has 0 spiro atoms. The molecule has 4 N–H and O–H groups in total. The Bertz CT molecular complexity index is 272. The Morgan fingerprint density at radius 1 is 1.46 bits per heavy atom. The molecule has 1 amide bonds. The van der Waals surface area contributed by atoms with Crippen LogP contribution in [-0.2, 0) is 4.79 Å². The predicted molar refractivity (Wildman–Crippen MR) is 50.8 cm³/mol. The van der Waals surface area contributed by atoms with Gasteiger partial charge in [0, 0.05) is 12.6 Å². The molecule has 0 radical (unpaired) electrons. The van der Waals surface area contributed by atoms with Gasteiger partial charge < -0.3 is 11.1 Å². The van der Waals surface area contributed by atoms with Crippen molar-refractivity contribution in [2.45, 2.75) is 12.5 Å². The van der Waals surface area contributed by atoms with E-state index < -0.39 is 0 Å². The molecule has 3 heteroatoms. The summed E-state index contributed by atoms with van der Waals surface area (Å²) in [5.74, 6) is 0.0313. The molecule has 0 saturated carbocycles. The van der Waals surface area contributed by atoms with E-state index in [0.29, 0.717) is 6.42 Å². The molecule has 0 aliphatic heterocycles. The van der Waals surface area contributed by atoms with Crippen LogP contribution in [0.15, 0.2) is 30.3 Å². The fourth-order valence-electron chi connectivity index (χ4n) is 1.17. The van der Waals surface area contributed by atoms with E-state index >= 15 is 0 Å². The Hall–Kier alpha value is -1.35. The molecule has 3 nitrogen and oxygen atoms in total. The Morgan fingerprint density at radius 2 is 2.08 bits per heavy atom. The molecule has 0 bridgehead atoms. The Balaban J connectivity index is 2.59. The minimum atomic E-state index is 0.0313. The molecule has 13 heavy (non-hydrogen) atoms. The number of hydrogen-bond acceptors (Lipinski definition) is 1. The topological polar surface area (TPSA) is 56.7 Å². The number of carbonyl (C=O) groups is 1. The van der Waals surface area contributed by atoms with E-state index in [4.69, 9.17) is 0 Å². The van der Waals surface area contributed by atoms with Crippen LogP contribution in [0, 0.1) is 0 Å². The smallest absolute Gasteiger partial charge is 0.226 e. The highest BCUT2D eigenvalue weighted by molar-refractivity contribution is 5.76. The van der Waals surface area contributed by atoms with Crippen molar-refractivity contribution < 1.29 is 10.5 Å². The third-order valence-corrected chi connectivity index (χ3v) is 1.98. The van der Waals surface area contributed by atoms with Gasteiger partial charge in [0.15, 0.2) is 0 Å². The second kappa shape index (κ2) is 4.62. The molecule has 0 aliphatic carbocycles. The first-order valence-corrected chi connectivity index (χ1v) is 4.32. The van der Waals surface area contributed by atoms with Crippen molar-refractivity contribution in [1.29, 1.82) is 0 Å². The monoisotopic (exact) mass is 179 g/mol. The molecule has 1 atom stereocenters. The van der Waals surface area contributed by atoms with Crippen LogP contribution in [0.2, 0.25) is 0 Å². The van der Waals surface area contributed by atoms with Gasteiger partial charge in [0.2, 0.25) is 5.91 Å². The molecule has 1 rings (SSSR count). The first-order valence-electron chi connectivity index (χ1n) is 4.32. The van der Waals surface area contributed by atoms with Crippen molar-refractivity contribution in [2.24, 2.45) is 0 Å². The molecule has 0 unspecified atom stereocenters. The zero-order valence-electron chi connectivity index (χ0n) is 7.79. The summed E-state index contributed by atoms with van der Waals surface area (Å²) < 4.78 is 0. The third kappa shape index (κ3) is 2.87. The van der Waals surface area contributed by atoms with E-state index in [1.807, 2.05) is 30.3 Å². The van der Waals surface area contributed by atoms with Crippen LogP contribution in [0.3, 0.4) is 0 Å². The molecule has 0 saturated heterocycles. The van der Waals surface area contributed by atoms with Gasteiger partial charge in [0.25, 0.3) is 0 Å². The number of amides is 1. The molecule has 0 aromatic heterocycles. The van der Waals surface area contributed by atoms with Gasteiger partial charge in [-0.1, -0.05) is 30.3 Å². The number of nitrogens with one attached hydrogen (secondary N) is 1. The number of rotatable bonds is 3. The lowest BCUT2D eigenvalue weighted by Gasteiger charge is -2.06. The summed E-state index contributed by atoms with van der Waals surface area (Å²) in [4.78, 5) is 11.0. The van der Waals surface area contributed by atoms with Crippen molar-refractivity contribution in [3.63, 3.8) is 0 Å². The third-order valence-electron chi connectivity index (χ3n) is 1.98. The Labute approximate surface area is 77.9 Å². The van der Waals surface area contributed by atoms with Gasteiger partial charge in [-0.05, 0) is 0 Å². The summed E-state index contributed by atoms with van der Waals surface area (Å²) in [5, 5.41) is 2.59. The average Bonchev–Trinajstić information content (AvgIpc) is 2.19. The molecule has 1 aromatic carbocycles. The summed E-state index contributed by atoms with van der Waals surface area (Å²) >= 11 is 0. The van der Waals surface area contributed by atoms with Gasteiger partial charge in [0.05, 0.1) is 6.42 Å². The largest absolute Gasteiger partial charge is 0.359 e. The van der Waals surface area contributed by atoms with E-state index in [0.717, 1.165) is 5.56 Å². The minimum Gasteiger partial charge on any atom is -0.359 e. The van der Waals surface area contributed by atoms with Gasteiger partial charge in [-0.25, -0.2) is 0 Å². The van der Waals surface area contributed by atoms with E-state index in [9.17, 15) is 4.79 Å². The molecule has 0 fully saturated rings. The first kappa shape index (κ1) is 9.74. The fourth-order valence-corrected chi connectivity index (χ4v) is 1.17. The van der Waals surface area contributed by atoms with Crippen LogP contribution in [0.4, 0.5) is 0 Å². The minimum absolute atomic E-state index is 0.0313. The molecule has 0 heterocycles. The van der Waals surface area contributed by atoms with Crippen LogP contribution >= 0.6 is 0 Å². The number of hydrogen-bond donors (Lipinski definition) is 2. The maximum absolute atomic E-state index is 11.0. The van der Waals surface area contributed by atoms with Crippen molar-refractivity contribution in [3.05, 3.63) is 35.9 Å². The molecular formula is C10H15N2O+. The zero-order chi connectivity index (χ0) is 9.68. The lowest BCUT2D eigenvalue weighted by atomic mass is 10.0. The highest BCUT2D eigenvalue weighted by atomic mass is 16.1. The fraction of sp³-hybridized carbons (Fsp3) is 0.300. The predicted octanol–water partition coefficient (Wildman–Crippen LogP) is 0.106. The molecule has 1 aromatic rings. The maximum atomic E-state index is 11.0. The highest BCUT2D eigenvalue weighted by Crippen LogP contribution is 2.10. The average molecular weight is 179 g/mol. The molecule has 0 aliphatic rings. The van der Waals surface area contributed by atoms with Crippen LogP contribution in [0.5, 0.6) is 0 Å². The van der Waals surface area contributed by atoms with Crippen LogP contribution in [0.1, 0.15) is 18.0 Å². The summed E-state index contributed by atoms with van der Waals surface area (Å²) in [6.45, 7) is 0. The van der Waals surface area contributed by atoms with Crippen molar-refractivity contribution in [2.75, 3.05) is 7.05 Å². The standard InChI is InChI=1S/C10H14N2O/c1-12-10(13)7-9(11)8-5-3-2-4-6-8/h2-6,9H,7,11H2,1H3,(H,12,13)/p+1/t9-/m0/s1. The van der Waals surface area contributed by atoms with E-state index in [2.05, 4.69) is 11.1 Å². The van der Waals surface area contributed by atoms with E-state index in [-0.39, 0.29) is 11.9 Å².